The van der Waals surface area contributed by atoms with Crippen LogP contribution >= 0.6 is 23.4 Å². The molecule has 1 aliphatic rings. The Kier molecular flexibility index (Phi) is 4.59. The number of nitrogens with zero attached hydrogens (tertiary/aromatic N) is 2. The fourth-order valence-corrected chi connectivity index (χ4v) is 3.97. The molecule has 1 aliphatic heterocycles. The molecule has 0 radical (unpaired) electrons. The molecule has 2 N–H and O–H groups in total. The fourth-order valence-electron chi connectivity index (χ4n) is 2.37. The molecule has 1 aromatic rings. The third-order valence-corrected chi connectivity index (χ3v) is 5.44. The molecule has 0 amide bonds. The van der Waals surface area contributed by atoms with Gasteiger partial charge in [0.05, 0.1) is 36.1 Å². The van der Waals surface area contributed by atoms with Crippen molar-refractivity contribution >= 4 is 23.4 Å². The smallest absolute Gasteiger partial charge is 0.0834 e. The van der Waals surface area contributed by atoms with Crippen molar-refractivity contribution in [3.8, 4) is 0 Å². The maximum absolute atomic E-state index is 6.45. The Morgan fingerprint density at radius 1 is 1.72 bits per heavy atom. The van der Waals surface area contributed by atoms with E-state index < -0.39 is 0 Å². The van der Waals surface area contributed by atoms with Crippen LogP contribution < -0.4 is 5.73 Å². The Hall–Kier alpha value is -0.230. The second-order valence-electron chi connectivity index (χ2n) is 4.84. The molecular formula is C12H20ClN3OS. The monoisotopic (exact) mass is 289 g/mol. The van der Waals surface area contributed by atoms with Crippen molar-refractivity contribution in [2.75, 3.05) is 19.5 Å². The fraction of sp³-hybridized carbons (Fsp3) is 0.750. The Morgan fingerprint density at radius 2 is 2.50 bits per heavy atom. The lowest BCUT2D eigenvalue weighted by Gasteiger charge is -2.31. The average molecular weight is 290 g/mol. The maximum atomic E-state index is 6.45. The van der Waals surface area contributed by atoms with Gasteiger partial charge in [0.25, 0.3) is 0 Å². The van der Waals surface area contributed by atoms with Crippen LogP contribution in [0.5, 0.6) is 0 Å². The molecule has 2 atom stereocenters. The van der Waals surface area contributed by atoms with Gasteiger partial charge < -0.3 is 10.5 Å². The molecule has 0 saturated carbocycles. The number of ether oxygens (including phenoxy) is 1. The molecule has 2 unspecified atom stereocenters. The van der Waals surface area contributed by atoms with Gasteiger partial charge in [0, 0.05) is 11.9 Å². The average Bonchev–Trinajstić information content (AvgIpc) is 2.93. The zero-order chi connectivity index (χ0) is 13.2. The summed E-state index contributed by atoms with van der Waals surface area (Å²) in [4.78, 5) is 0. The molecule has 4 nitrogen and oxygen atoms in total. The van der Waals surface area contributed by atoms with Crippen molar-refractivity contribution in [3.63, 3.8) is 0 Å². The number of hydrogen-bond acceptors (Lipinski definition) is 4. The number of nitrogens with two attached hydrogens (primary N) is 1. The van der Waals surface area contributed by atoms with Gasteiger partial charge in [-0.3, -0.25) is 4.68 Å². The van der Waals surface area contributed by atoms with Gasteiger partial charge >= 0.3 is 0 Å². The number of methoxy groups -OCH3 is 1. The summed E-state index contributed by atoms with van der Waals surface area (Å²) in [6, 6.07) is -0.0862. The van der Waals surface area contributed by atoms with E-state index in [0.29, 0.717) is 18.2 Å². The maximum Gasteiger partial charge on any atom is 0.0834 e. The number of rotatable bonds is 5. The third kappa shape index (κ3) is 2.69. The van der Waals surface area contributed by atoms with E-state index in [1.54, 1.807) is 13.3 Å². The van der Waals surface area contributed by atoms with Crippen LogP contribution in [0.4, 0.5) is 0 Å². The van der Waals surface area contributed by atoms with E-state index in [2.05, 4.69) is 12.0 Å². The molecule has 102 valence electrons. The standard InChI is InChI=1S/C12H20ClN3OS/c1-12(4-3-7-18-12)11(14)10-9(13)8-15-16(10)5-6-17-2/h8,11H,3-7,14H2,1-2H3. The van der Waals surface area contributed by atoms with Crippen molar-refractivity contribution in [3.05, 3.63) is 16.9 Å². The molecule has 2 rings (SSSR count). The van der Waals surface area contributed by atoms with Crippen molar-refractivity contribution in [1.29, 1.82) is 0 Å². The van der Waals surface area contributed by atoms with Crippen molar-refractivity contribution in [2.24, 2.45) is 5.73 Å². The second kappa shape index (κ2) is 5.82. The largest absolute Gasteiger partial charge is 0.383 e. The Morgan fingerprint density at radius 3 is 3.11 bits per heavy atom. The molecule has 18 heavy (non-hydrogen) atoms. The normalized spacial score (nSPS) is 25.6. The lowest BCUT2D eigenvalue weighted by molar-refractivity contribution is 0.181. The highest BCUT2D eigenvalue weighted by Crippen LogP contribution is 2.46. The first-order chi connectivity index (χ1) is 8.58. The van der Waals surface area contributed by atoms with Crippen LogP contribution in [0.3, 0.4) is 0 Å². The lowest BCUT2D eigenvalue weighted by atomic mass is 9.94. The van der Waals surface area contributed by atoms with Gasteiger partial charge in [-0.1, -0.05) is 11.6 Å². The van der Waals surface area contributed by atoms with E-state index in [4.69, 9.17) is 22.1 Å². The highest BCUT2D eigenvalue weighted by Gasteiger charge is 2.39. The van der Waals surface area contributed by atoms with E-state index in [1.807, 2.05) is 16.4 Å². The molecule has 0 bridgehead atoms. The summed E-state index contributed by atoms with van der Waals surface area (Å²) in [6.07, 6.45) is 4.03. The lowest BCUT2D eigenvalue weighted by Crippen LogP contribution is -2.35. The summed E-state index contributed by atoms with van der Waals surface area (Å²) in [6.45, 7) is 3.52. The Bertz CT molecular complexity index is 404. The molecule has 1 saturated heterocycles. The highest BCUT2D eigenvalue weighted by atomic mass is 35.5. The van der Waals surface area contributed by atoms with Gasteiger partial charge in [-0.05, 0) is 25.5 Å². The first-order valence-corrected chi connectivity index (χ1v) is 7.54. The Labute approximate surface area is 117 Å². The number of hydrogen-bond donors (Lipinski definition) is 1. The first-order valence-electron chi connectivity index (χ1n) is 6.18. The summed E-state index contributed by atoms with van der Waals surface area (Å²) < 4.78 is 7.03. The van der Waals surface area contributed by atoms with Gasteiger partial charge in [0.15, 0.2) is 0 Å². The van der Waals surface area contributed by atoms with E-state index in [9.17, 15) is 0 Å². The predicted octanol–water partition coefficient (Wildman–Crippen LogP) is 2.47. The van der Waals surface area contributed by atoms with Crippen molar-refractivity contribution in [2.45, 2.75) is 37.1 Å². The molecule has 1 fully saturated rings. The number of thioether (sulfide) groups is 1. The zero-order valence-electron chi connectivity index (χ0n) is 10.9. The molecule has 1 aromatic heterocycles. The van der Waals surface area contributed by atoms with Crippen LogP contribution in [-0.4, -0.2) is 34.0 Å². The SMILES string of the molecule is COCCn1ncc(Cl)c1C(N)C1(C)CCCS1. The van der Waals surface area contributed by atoms with E-state index in [1.165, 1.54) is 12.2 Å². The van der Waals surface area contributed by atoms with Gasteiger partial charge in [0.1, 0.15) is 0 Å². The summed E-state index contributed by atoms with van der Waals surface area (Å²) >= 11 is 8.18. The minimum atomic E-state index is -0.0862. The number of halogens is 1. The minimum Gasteiger partial charge on any atom is -0.383 e. The summed E-state index contributed by atoms with van der Waals surface area (Å²) in [5.41, 5.74) is 7.38. The quantitative estimate of drug-likeness (QED) is 0.905. The van der Waals surface area contributed by atoms with Crippen molar-refractivity contribution in [1.82, 2.24) is 9.78 Å². The van der Waals surface area contributed by atoms with Crippen LogP contribution in [0.25, 0.3) is 0 Å². The molecule has 6 heteroatoms. The molecule has 2 heterocycles. The van der Waals surface area contributed by atoms with Gasteiger partial charge in [0.2, 0.25) is 0 Å². The van der Waals surface area contributed by atoms with E-state index in [0.717, 1.165) is 12.1 Å². The topological polar surface area (TPSA) is 53.1 Å². The molecule has 0 aliphatic carbocycles. The van der Waals surface area contributed by atoms with Crippen LogP contribution in [0, 0.1) is 0 Å². The summed E-state index contributed by atoms with van der Waals surface area (Å²) in [7, 11) is 1.68. The van der Waals surface area contributed by atoms with Crippen molar-refractivity contribution < 1.29 is 4.74 Å². The zero-order valence-corrected chi connectivity index (χ0v) is 12.4. The highest BCUT2D eigenvalue weighted by molar-refractivity contribution is 8.00. The molecular weight excluding hydrogens is 270 g/mol. The first kappa shape index (κ1) is 14.2. The van der Waals surface area contributed by atoms with Gasteiger partial charge in [-0.15, -0.1) is 0 Å². The van der Waals surface area contributed by atoms with Crippen LogP contribution in [0.15, 0.2) is 6.20 Å². The molecule has 0 spiro atoms. The predicted molar refractivity (Wildman–Crippen MR) is 76.1 cm³/mol. The van der Waals surface area contributed by atoms with E-state index in [-0.39, 0.29) is 10.8 Å². The van der Waals surface area contributed by atoms with Crippen LogP contribution in [-0.2, 0) is 11.3 Å². The number of aromatic nitrogens is 2. The van der Waals surface area contributed by atoms with Crippen LogP contribution in [0.2, 0.25) is 5.02 Å². The molecule has 0 aromatic carbocycles. The van der Waals surface area contributed by atoms with E-state index >= 15 is 0 Å². The van der Waals surface area contributed by atoms with Gasteiger partial charge in [-0.2, -0.15) is 16.9 Å². The minimum absolute atomic E-state index is 0.0640. The second-order valence-corrected chi connectivity index (χ2v) is 6.87. The van der Waals surface area contributed by atoms with Crippen LogP contribution in [0.1, 0.15) is 31.5 Å². The summed E-state index contributed by atoms with van der Waals surface area (Å²) in [5, 5.41) is 4.95. The summed E-state index contributed by atoms with van der Waals surface area (Å²) in [5.74, 6) is 1.17. The van der Waals surface area contributed by atoms with Gasteiger partial charge in [-0.25, -0.2) is 0 Å². The Balaban J connectivity index is 2.23. The third-order valence-electron chi connectivity index (χ3n) is 3.54.